The number of nitrogens with zero attached hydrogens (tertiary/aromatic N) is 3. The SMILES string of the molecule is CN=C(NCCC(C)N(C)Cc1ccccc1)NCc1scnc1C. The highest BCUT2D eigenvalue weighted by Crippen LogP contribution is 2.11. The van der Waals surface area contributed by atoms with Gasteiger partial charge in [0.15, 0.2) is 5.96 Å². The van der Waals surface area contributed by atoms with Crippen molar-refractivity contribution in [2.75, 3.05) is 20.6 Å². The lowest BCUT2D eigenvalue weighted by molar-refractivity contribution is 0.238. The largest absolute Gasteiger partial charge is 0.356 e. The molecule has 0 aliphatic rings. The van der Waals surface area contributed by atoms with Crippen LogP contribution in [-0.2, 0) is 13.1 Å². The van der Waals surface area contributed by atoms with Crippen LogP contribution < -0.4 is 10.6 Å². The van der Waals surface area contributed by atoms with E-state index in [0.717, 1.165) is 37.7 Å². The summed E-state index contributed by atoms with van der Waals surface area (Å²) in [5.74, 6) is 0.839. The molecular formula is C19H29N5S. The summed E-state index contributed by atoms with van der Waals surface area (Å²) in [4.78, 5) is 12.2. The Morgan fingerprint density at radius 3 is 2.68 bits per heavy atom. The van der Waals surface area contributed by atoms with Crippen molar-refractivity contribution >= 4 is 17.3 Å². The maximum atomic E-state index is 4.29. The Kier molecular flexibility index (Phi) is 7.88. The van der Waals surface area contributed by atoms with E-state index in [1.54, 1.807) is 18.4 Å². The van der Waals surface area contributed by atoms with Gasteiger partial charge in [-0.1, -0.05) is 30.3 Å². The maximum absolute atomic E-state index is 4.29. The molecule has 1 unspecified atom stereocenters. The molecule has 0 saturated heterocycles. The summed E-state index contributed by atoms with van der Waals surface area (Å²) in [5, 5.41) is 6.75. The second kappa shape index (κ2) is 10.2. The van der Waals surface area contributed by atoms with Crippen LogP contribution in [0.25, 0.3) is 0 Å². The number of aromatic nitrogens is 1. The Labute approximate surface area is 155 Å². The number of benzene rings is 1. The van der Waals surface area contributed by atoms with Gasteiger partial charge in [0, 0.05) is 31.1 Å². The molecule has 1 aromatic carbocycles. The molecule has 136 valence electrons. The highest BCUT2D eigenvalue weighted by atomic mass is 32.1. The quantitative estimate of drug-likeness (QED) is 0.562. The minimum atomic E-state index is 0.495. The minimum Gasteiger partial charge on any atom is -0.356 e. The van der Waals surface area contributed by atoms with Gasteiger partial charge in [0.25, 0.3) is 0 Å². The summed E-state index contributed by atoms with van der Waals surface area (Å²) >= 11 is 1.67. The van der Waals surface area contributed by atoms with Gasteiger partial charge in [-0.25, -0.2) is 4.98 Å². The molecule has 2 rings (SSSR count). The number of guanidine groups is 1. The third-order valence-corrected chi connectivity index (χ3v) is 5.30. The number of rotatable bonds is 8. The van der Waals surface area contributed by atoms with Gasteiger partial charge in [0.1, 0.15) is 0 Å². The highest BCUT2D eigenvalue weighted by molar-refractivity contribution is 7.09. The first-order valence-electron chi connectivity index (χ1n) is 8.67. The zero-order valence-corrected chi connectivity index (χ0v) is 16.4. The number of thiazole rings is 1. The van der Waals surface area contributed by atoms with Gasteiger partial charge in [-0.05, 0) is 32.9 Å². The lowest BCUT2D eigenvalue weighted by atomic mass is 10.1. The van der Waals surface area contributed by atoms with Crippen LogP contribution in [0.3, 0.4) is 0 Å². The van der Waals surface area contributed by atoms with E-state index in [1.165, 1.54) is 10.4 Å². The highest BCUT2D eigenvalue weighted by Gasteiger charge is 2.10. The average Bonchev–Trinajstić information content (AvgIpc) is 3.03. The van der Waals surface area contributed by atoms with Crippen LogP contribution in [0.4, 0.5) is 0 Å². The third kappa shape index (κ3) is 6.48. The normalized spacial score (nSPS) is 13.1. The van der Waals surface area contributed by atoms with E-state index in [1.807, 2.05) is 12.4 Å². The Bertz CT molecular complexity index is 653. The standard InChI is InChI=1S/C19H29N5S/c1-15(24(4)13-17-8-6-5-7-9-17)10-11-21-19(20-3)22-12-18-16(2)23-14-25-18/h5-9,14-15H,10-13H2,1-4H3,(H2,20,21,22). The van der Waals surface area contributed by atoms with Gasteiger partial charge < -0.3 is 10.6 Å². The molecule has 2 aromatic rings. The molecule has 6 heteroatoms. The molecule has 0 fully saturated rings. The van der Waals surface area contributed by atoms with E-state index in [9.17, 15) is 0 Å². The number of aliphatic imine (C=N–C) groups is 1. The molecule has 1 aromatic heterocycles. The summed E-state index contributed by atoms with van der Waals surface area (Å²) in [7, 11) is 3.98. The number of nitrogens with one attached hydrogen (secondary N) is 2. The average molecular weight is 360 g/mol. The van der Waals surface area contributed by atoms with Crippen molar-refractivity contribution in [3.8, 4) is 0 Å². The fourth-order valence-electron chi connectivity index (χ4n) is 2.53. The zero-order valence-electron chi connectivity index (χ0n) is 15.6. The summed E-state index contributed by atoms with van der Waals surface area (Å²) in [6, 6.07) is 11.1. The topological polar surface area (TPSA) is 52.6 Å². The van der Waals surface area contributed by atoms with Crippen LogP contribution >= 0.6 is 11.3 Å². The Morgan fingerprint density at radius 1 is 1.28 bits per heavy atom. The van der Waals surface area contributed by atoms with E-state index in [0.29, 0.717) is 6.04 Å². The molecule has 0 bridgehead atoms. The van der Waals surface area contributed by atoms with Crippen LogP contribution in [-0.4, -0.2) is 42.5 Å². The fraction of sp³-hybridized carbons (Fsp3) is 0.474. The predicted octanol–water partition coefficient (Wildman–Crippen LogP) is 3.03. The van der Waals surface area contributed by atoms with E-state index in [2.05, 4.69) is 69.8 Å². The first-order chi connectivity index (χ1) is 12.1. The molecule has 5 nitrogen and oxygen atoms in total. The molecule has 25 heavy (non-hydrogen) atoms. The Balaban J connectivity index is 1.69. The van der Waals surface area contributed by atoms with Crippen LogP contribution in [0.15, 0.2) is 40.8 Å². The van der Waals surface area contributed by atoms with Gasteiger partial charge in [-0.3, -0.25) is 9.89 Å². The van der Waals surface area contributed by atoms with Gasteiger partial charge in [0.2, 0.25) is 0 Å². The summed E-state index contributed by atoms with van der Waals surface area (Å²) in [6.07, 6.45) is 1.06. The number of hydrogen-bond acceptors (Lipinski definition) is 4. The summed E-state index contributed by atoms with van der Waals surface area (Å²) in [6.45, 7) is 6.93. The molecular weight excluding hydrogens is 330 g/mol. The summed E-state index contributed by atoms with van der Waals surface area (Å²) < 4.78 is 0. The zero-order chi connectivity index (χ0) is 18.1. The number of aryl methyl sites for hydroxylation is 1. The molecule has 2 N–H and O–H groups in total. The van der Waals surface area contributed by atoms with Crippen LogP contribution in [0.1, 0.15) is 29.5 Å². The molecule has 0 spiro atoms. The molecule has 0 aliphatic heterocycles. The first-order valence-corrected chi connectivity index (χ1v) is 9.55. The molecule has 0 aliphatic carbocycles. The molecule has 0 saturated carbocycles. The van der Waals surface area contributed by atoms with Crippen molar-refractivity contribution in [2.45, 2.75) is 39.4 Å². The van der Waals surface area contributed by atoms with Gasteiger partial charge in [0.05, 0.1) is 17.7 Å². The van der Waals surface area contributed by atoms with Crippen LogP contribution in [0, 0.1) is 6.92 Å². The summed E-state index contributed by atoms with van der Waals surface area (Å²) in [5.41, 5.74) is 4.32. The second-order valence-corrected chi connectivity index (χ2v) is 7.19. The van der Waals surface area contributed by atoms with Crippen molar-refractivity contribution < 1.29 is 0 Å². The van der Waals surface area contributed by atoms with Gasteiger partial charge >= 0.3 is 0 Å². The minimum absolute atomic E-state index is 0.495. The Morgan fingerprint density at radius 2 is 2.04 bits per heavy atom. The van der Waals surface area contributed by atoms with Crippen molar-refractivity contribution in [1.29, 1.82) is 0 Å². The van der Waals surface area contributed by atoms with E-state index < -0.39 is 0 Å². The molecule has 1 heterocycles. The van der Waals surface area contributed by atoms with E-state index in [-0.39, 0.29) is 0 Å². The van der Waals surface area contributed by atoms with Crippen molar-refractivity contribution in [3.63, 3.8) is 0 Å². The Hall–Kier alpha value is -1.92. The lowest BCUT2D eigenvalue weighted by Crippen LogP contribution is -2.39. The first kappa shape index (κ1) is 19.4. The van der Waals surface area contributed by atoms with Crippen molar-refractivity contribution in [1.82, 2.24) is 20.5 Å². The smallest absolute Gasteiger partial charge is 0.191 e. The third-order valence-electron chi connectivity index (χ3n) is 4.37. The van der Waals surface area contributed by atoms with E-state index >= 15 is 0 Å². The monoisotopic (exact) mass is 359 g/mol. The molecule has 1 atom stereocenters. The van der Waals surface area contributed by atoms with Gasteiger partial charge in [-0.15, -0.1) is 11.3 Å². The van der Waals surface area contributed by atoms with Crippen LogP contribution in [0.5, 0.6) is 0 Å². The van der Waals surface area contributed by atoms with Crippen molar-refractivity contribution in [3.05, 3.63) is 52.0 Å². The van der Waals surface area contributed by atoms with E-state index in [4.69, 9.17) is 0 Å². The number of hydrogen-bond donors (Lipinski definition) is 2. The second-order valence-electron chi connectivity index (χ2n) is 6.25. The molecule has 0 radical (unpaired) electrons. The predicted molar refractivity (Wildman–Crippen MR) is 107 cm³/mol. The van der Waals surface area contributed by atoms with Crippen LogP contribution in [0.2, 0.25) is 0 Å². The maximum Gasteiger partial charge on any atom is 0.191 e. The lowest BCUT2D eigenvalue weighted by Gasteiger charge is -2.25. The van der Waals surface area contributed by atoms with Gasteiger partial charge in [-0.2, -0.15) is 0 Å². The molecule has 0 amide bonds. The van der Waals surface area contributed by atoms with Crippen molar-refractivity contribution in [2.24, 2.45) is 4.99 Å². The fourth-order valence-corrected chi connectivity index (χ4v) is 3.24.